The summed E-state index contributed by atoms with van der Waals surface area (Å²) in [5, 5.41) is 0. The van der Waals surface area contributed by atoms with Crippen LogP contribution < -0.4 is 0 Å². The zero-order valence-electron chi connectivity index (χ0n) is 9.38. The van der Waals surface area contributed by atoms with E-state index < -0.39 is 5.67 Å². The van der Waals surface area contributed by atoms with Crippen LogP contribution in [0.25, 0.3) is 0 Å². The highest BCUT2D eigenvalue weighted by atomic mass is 19.1. The highest BCUT2D eigenvalue weighted by Crippen LogP contribution is 2.41. The van der Waals surface area contributed by atoms with Gasteiger partial charge >= 0.3 is 0 Å². The first-order valence-electron chi connectivity index (χ1n) is 5.95. The molecule has 0 heterocycles. The molecule has 0 aliphatic heterocycles. The lowest BCUT2D eigenvalue weighted by atomic mass is 9.76. The SMILES string of the molecule is C[C@@](F)(c1ccccc1)C1CCCCC1. The molecule has 0 N–H and O–H groups in total. The Morgan fingerprint density at radius 2 is 1.67 bits per heavy atom. The van der Waals surface area contributed by atoms with Crippen molar-refractivity contribution < 1.29 is 4.39 Å². The van der Waals surface area contributed by atoms with Crippen LogP contribution >= 0.6 is 0 Å². The Kier molecular flexibility index (Phi) is 3.08. The van der Waals surface area contributed by atoms with Gasteiger partial charge in [-0.2, -0.15) is 0 Å². The second kappa shape index (κ2) is 4.34. The van der Waals surface area contributed by atoms with Crippen LogP contribution in [-0.4, -0.2) is 0 Å². The summed E-state index contributed by atoms with van der Waals surface area (Å²) in [4.78, 5) is 0. The second-order valence-corrected chi connectivity index (χ2v) is 4.78. The van der Waals surface area contributed by atoms with E-state index in [0.29, 0.717) is 0 Å². The Bertz CT molecular complexity index is 296. The summed E-state index contributed by atoms with van der Waals surface area (Å²) in [6.45, 7) is 1.75. The summed E-state index contributed by atoms with van der Waals surface area (Å²) in [5.41, 5.74) is -0.293. The minimum Gasteiger partial charge on any atom is -0.239 e. The molecule has 2 rings (SSSR count). The highest BCUT2D eigenvalue weighted by Gasteiger charge is 2.36. The largest absolute Gasteiger partial charge is 0.239 e. The molecule has 0 bridgehead atoms. The van der Waals surface area contributed by atoms with E-state index in [2.05, 4.69) is 0 Å². The molecule has 0 spiro atoms. The van der Waals surface area contributed by atoms with Crippen molar-refractivity contribution in [1.82, 2.24) is 0 Å². The van der Waals surface area contributed by atoms with E-state index >= 15 is 0 Å². The molecule has 1 aromatic rings. The van der Waals surface area contributed by atoms with E-state index in [1.54, 1.807) is 6.92 Å². The number of benzene rings is 1. The van der Waals surface area contributed by atoms with Gasteiger partial charge in [-0.3, -0.25) is 0 Å². The van der Waals surface area contributed by atoms with Crippen LogP contribution in [0.5, 0.6) is 0 Å². The third kappa shape index (κ3) is 2.22. The second-order valence-electron chi connectivity index (χ2n) is 4.78. The first-order chi connectivity index (χ1) is 7.21. The Hall–Kier alpha value is -0.850. The van der Waals surface area contributed by atoms with E-state index in [9.17, 15) is 4.39 Å². The summed E-state index contributed by atoms with van der Waals surface area (Å²) in [7, 11) is 0. The molecule has 1 saturated carbocycles. The van der Waals surface area contributed by atoms with E-state index in [1.807, 2.05) is 30.3 Å². The van der Waals surface area contributed by atoms with Gasteiger partial charge in [-0.1, -0.05) is 49.6 Å². The van der Waals surface area contributed by atoms with E-state index in [1.165, 1.54) is 19.3 Å². The van der Waals surface area contributed by atoms with Crippen LogP contribution in [-0.2, 0) is 5.67 Å². The third-order valence-electron chi connectivity index (χ3n) is 3.71. The molecule has 82 valence electrons. The smallest absolute Gasteiger partial charge is 0.136 e. The molecular formula is C14H19F. The molecule has 0 unspecified atom stereocenters. The van der Waals surface area contributed by atoms with Gasteiger partial charge in [0.2, 0.25) is 0 Å². The van der Waals surface area contributed by atoms with Gasteiger partial charge in [0.15, 0.2) is 0 Å². The van der Waals surface area contributed by atoms with Crippen LogP contribution in [0.1, 0.15) is 44.6 Å². The molecule has 1 fully saturated rings. The molecule has 0 radical (unpaired) electrons. The highest BCUT2D eigenvalue weighted by molar-refractivity contribution is 5.22. The van der Waals surface area contributed by atoms with Crippen molar-refractivity contribution in [3.8, 4) is 0 Å². The molecule has 0 amide bonds. The van der Waals surface area contributed by atoms with Gasteiger partial charge in [-0.05, 0) is 31.2 Å². The van der Waals surface area contributed by atoms with E-state index in [-0.39, 0.29) is 5.92 Å². The lowest BCUT2D eigenvalue weighted by molar-refractivity contribution is 0.0726. The number of halogens is 1. The molecule has 15 heavy (non-hydrogen) atoms. The van der Waals surface area contributed by atoms with Gasteiger partial charge < -0.3 is 0 Å². The lowest BCUT2D eigenvalue weighted by Crippen LogP contribution is -2.28. The van der Waals surface area contributed by atoms with Gasteiger partial charge in [-0.15, -0.1) is 0 Å². The summed E-state index contributed by atoms with van der Waals surface area (Å²) >= 11 is 0. The van der Waals surface area contributed by atoms with Gasteiger partial charge in [0.05, 0.1) is 0 Å². The summed E-state index contributed by atoms with van der Waals surface area (Å²) in [6, 6.07) is 9.62. The normalized spacial score (nSPS) is 22.3. The van der Waals surface area contributed by atoms with Crippen LogP contribution in [0.4, 0.5) is 4.39 Å². The minimum atomic E-state index is -1.14. The zero-order valence-corrected chi connectivity index (χ0v) is 9.38. The molecular weight excluding hydrogens is 187 g/mol. The van der Waals surface area contributed by atoms with Crippen LogP contribution in [0.3, 0.4) is 0 Å². The van der Waals surface area contributed by atoms with Crippen molar-refractivity contribution in [3.63, 3.8) is 0 Å². The molecule has 1 aliphatic rings. The molecule has 0 nitrogen and oxygen atoms in total. The Balaban J connectivity index is 2.18. The standard InChI is InChI=1S/C14H19F/c1-14(15,12-8-4-2-5-9-12)13-10-6-3-7-11-13/h2,4-5,8-9,13H,3,6-7,10-11H2,1H3/t14-/m1/s1. The quantitative estimate of drug-likeness (QED) is 0.670. The monoisotopic (exact) mass is 206 g/mol. The van der Waals surface area contributed by atoms with Crippen molar-refractivity contribution in [2.24, 2.45) is 5.92 Å². The number of hydrogen-bond acceptors (Lipinski definition) is 0. The van der Waals surface area contributed by atoms with Crippen molar-refractivity contribution in [2.45, 2.75) is 44.7 Å². The van der Waals surface area contributed by atoms with Crippen molar-refractivity contribution in [1.29, 1.82) is 0 Å². The number of hydrogen-bond donors (Lipinski definition) is 0. The first-order valence-corrected chi connectivity index (χ1v) is 5.95. The van der Waals surface area contributed by atoms with Crippen molar-refractivity contribution in [3.05, 3.63) is 35.9 Å². The molecule has 1 aliphatic carbocycles. The van der Waals surface area contributed by atoms with Gasteiger partial charge in [-0.25, -0.2) is 4.39 Å². The summed E-state index contributed by atoms with van der Waals surface area (Å²) in [6.07, 6.45) is 5.75. The molecule has 1 heteroatoms. The summed E-state index contributed by atoms with van der Waals surface area (Å²) < 4.78 is 14.7. The van der Waals surface area contributed by atoms with Gasteiger partial charge in [0.1, 0.15) is 5.67 Å². The van der Waals surface area contributed by atoms with E-state index in [0.717, 1.165) is 18.4 Å². The predicted octanol–water partition coefficient (Wildman–Crippen LogP) is 4.45. The number of alkyl halides is 1. The summed E-state index contributed by atoms with van der Waals surface area (Å²) in [5.74, 6) is 0.216. The van der Waals surface area contributed by atoms with Gasteiger partial charge in [0.25, 0.3) is 0 Å². The van der Waals surface area contributed by atoms with E-state index in [4.69, 9.17) is 0 Å². The van der Waals surface area contributed by atoms with Crippen LogP contribution in [0.2, 0.25) is 0 Å². The maximum absolute atomic E-state index is 14.7. The molecule has 0 saturated heterocycles. The average molecular weight is 206 g/mol. The fourth-order valence-corrected chi connectivity index (χ4v) is 2.64. The minimum absolute atomic E-state index is 0.216. The molecule has 1 atom stereocenters. The maximum Gasteiger partial charge on any atom is 0.136 e. The van der Waals surface area contributed by atoms with Crippen LogP contribution in [0.15, 0.2) is 30.3 Å². The van der Waals surface area contributed by atoms with Crippen molar-refractivity contribution in [2.75, 3.05) is 0 Å². The Labute approximate surface area is 91.5 Å². The van der Waals surface area contributed by atoms with Gasteiger partial charge in [0, 0.05) is 0 Å². The van der Waals surface area contributed by atoms with Crippen molar-refractivity contribution >= 4 is 0 Å². The van der Waals surface area contributed by atoms with Crippen LogP contribution in [0, 0.1) is 5.92 Å². The third-order valence-corrected chi connectivity index (χ3v) is 3.71. The topological polar surface area (TPSA) is 0 Å². The fraction of sp³-hybridized carbons (Fsp3) is 0.571. The lowest BCUT2D eigenvalue weighted by Gasteiger charge is -2.33. The number of rotatable bonds is 2. The zero-order chi connectivity index (χ0) is 10.7. The fourth-order valence-electron chi connectivity index (χ4n) is 2.64. The molecule has 0 aromatic heterocycles. The Morgan fingerprint density at radius 1 is 1.07 bits per heavy atom. The average Bonchev–Trinajstić information content (AvgIpc) is 2.31. The Morgan fingerprint density at radius 3 is 2.27 bits per heavy atom. The molecule has 1 aromatic carbocycles. The maximum atomic E-state index is 14.7. The first kappa shape index (κ1) is 10.7. The predicted molar refractivity (Wildman–Crippen MR) is 61.5 cm³/mol.